The van der Waals surface area contributed by atoms with E-state index in [1.165, 1.54) is 0 Å². The lowest BCUT2D eigenvalue weighted by Crippen LogP contribution is -2.34. The van der Waals surface area contributed by atoms with Crippen molar-refractivity contribution in [3.63, 3.8) is 0 Å². The Balaban J connectivity index is 1.68. The minimum atomic E-state index is -1.27. The molecule has 30 heavy (non-hydrogen) atoms. The summed E-state index contributed by atoms with van der Waals surface area (Å²) in [6.45, 7) is 3.41. The number of fused-ring (bicyclic) bond motifs is 3. The highest BCUT2D eigenvalue weighted by Crippen LogP contribution is 2.50. The molecule has 2 aliphatic rings. The molecule has 0 fully saturated rings. The van der Waals surface area contributed by atoms with Crippen molar-refractivity contribution in [2.45, 2.75) is 37.9 Å². The van der Waals surface area contributed by atoms with E-state index in [1.54, 1.807) is 24.3 Å². The van der Waals surface area contributed by atoms with Gasteiger partial charge < -0.3 is 20.1 Å². The molecular formula is C24H23NO5. The van der Waals surface area contributed by atoms with Crippen molar-refractivity contribution >= 4 is 11.4 Å². The third-order valence-electron chi connectivity index (χ3n) is 6.12. The van der Waals surface area contributed by atoms with E-state index >= 15 is 0 Å². The largest absolute Gasteiger partial charge is 0.491 e. The van der Waals surface area contributed by atoms with Gasteiger partial charge >= 0.3 is 0 Å². The molecule has 0 amide bonds. The van der Waals surface area contributed by atoms with Gasteiger partial charge in [0.1, 0.15) is 24.6 Å². The fourth-order valence-corrected chi connectivity index (χ4v) is 4.33. The number of carbonyl (C=O) groups is 1. The number of benzene rings is 2. The van der Waals surface area contributed by atoms with Gasteiger partial charge in [0.15, 0.2) is 5.78 Å². The van der Waals surface area contributed by atoms with Gasteiger partial charge in [0.05, 0.1) is 18.2 Å². The molecule has 0 spiro atoms. The number of hydrogen-bond donors (Lipinski definition) is 3. The number of ketones is 1. The molecule has 6 heteroatoms. The van der Waals surface area contributed by atoms with Gasteiger partial charge in [0.2, 0.25) is 0 Å². The Morgan fingerprint density at radius 2 is 1.87 bits per heavy atom. The number of Topliss-reactive ketones (excluding diaryl/α,β-unsaturated/α-hetero) is 1. The van der Waals surface area contributed by atoms with Crippen LogP contribution in [0.1, 0.15) is 46.5 Å². The highest BCUT2D eigenvalue weighted by Gasteiger charge is 2.43. The normalized spacial score (nSPS) is 18.2. The van der Waals surface area contributed by atoms with Crippen LogP contribution in [0, 0.1) is 11.3 Å². The molecule has 0 aromatic heterocycles. The lowest BCUT2D eigenvalue weighted by atomic mass is 9.68. The Hall–Kier alpha value is -2.98. The number of ether oxygens (including phenoxy) is 1. The van der Waals surface area contributed by atoms with Crippen LogP contribution in [-0.2, 0) is 11.8 Å². The summed E-state index contributed by atoms with van der Waals surface area (Å²) in [4.78, 5) is 13.3. The first-order chi connectivity index (χ1) is 14.3. The number of aliphatic hydroxyl groups excluding tert-OH is 3. The lowest BCUT2D eigenvalue weighted by Gasteiger charge is -2.34. The molecule has 154 valence electrons. The van der Waals surface area contributed by atoms with E-state index in [4.69, 9.17) is 9.84 Å². The Morgan fingerprint density at radius 1 is 1.13 bits per heavy atom. The quantitative estimate of drug-likeness (QED) is 0.703. The van der Waals surface area contributed by atoms with Crippen LogP contribution >= 0.6 is 0 Å². The molecule has 0 radical (unpaired) electrons. The number of rotatable bonds is 5. The molecule has 4 rings (SSSR count). The van der Waals surface area contributed by atoms with Crippen LogP contribution in [0.5, 0.6) is 5.75 Å². The third kappa shape index (κ3) is 3.12. The van der Waals surface area contributed by atoms with Crippen LogP contribution < -0.4 is 4.74 Å². The van der Waals surface area contributed by atoms with E-state index in [2.05, 4.69) is 19.9 Å². The fraction of sp³-hybridized carbons (Fsp3) is 0.333. The van der Waals surface area contributed by atoms with Gasteiger partial charge in [-0.05, 0) is 59.0 Å². The van der Waals surface area contributed by atoms with Gasteiger partial charge in [-0.3, -0.25) is 4.79 Å². The van der Waals surface area contributed by atoms with Gasteiger partial charge in [-0.2, -0.15) is 5.26 Å². The second kappa shape index (κ2) is 7.37. The zero-order valence-electron chi connectivity index (χ0n) is 16.8. The molecule has 2 aromatic rings. The van der Waals surface area contributed by atoms with E-state index in [9.17, 15) is 20.3 Å². The van der Waals surface area contributed by atoms with Gasteiger partial charge in [0.25, 0.3) is 0 Å². The van der Waals surface area contributed by atoms with Crippen molar-refractivity contribution in [2.24, 2.45) is 0 Å². The third-order valence-corrected chi connectivity index (χ3v) is 6.12. The molecule has 0 bridgehead atoms. The maximum absolute atomic E-state index is 13.3. The zero-order chi connectivity index (χ0) is 21.6. The Bertz CT molecular complexity index is 1110. The summed E-state index contributed by atoms with van der Waals surface area (Å²) >= 11 is 0. The van der Waals surface area contributed by atoms with Crippen molar-refractivity contribution in [1.82, 2.24) is 0 Å². The number of nitrogens with zero attached hydrogens (tertiary/aromatic N) is 1. The molecule has 6 nitrogen and oxygen atoms in total. The molecule has 2 aliphatic carbocycles. The number of aliphatic hydroxyl groups is 3. The number of hydrogen-bond acceptors (Lipinski definition) is 6. The van der Waals surface area contributed by atoms with Crippen LogP contribution in [0.15, 0.2) is 42.0 Å². The highest BCUT2D eigenvalue weighted by atomic mass is 16.5. The maximum Gasteiger partial charge on any atom is 0.193 e. The van der Waals surface area contributed by atoms with Crippen LogP contribution in [-0.4, -0.2) is 46.5 Å². The molecule has 3 N–H and O–H groups in total. The molecule has 2 atom stereocenters. The highest BCUT2D eigenvalue weighted by molar-refractivity contribution is 6.33. The van der Waals surface area contributed by atoms with Crippen LogP contribution in [0.4, 0.5) is 0 Å². The average molecular weight is 405 g/mol. The molecule has 0 heterocycles. The predicted molar refractivity (Wildman–Crippen MR) is 110 cm³/mol. The fourth-order valence-electron chi connectivity index (χ4n) is 4.33. The smallest absolute Gasteiger partial charge is 0.193 e. The topological polar surface area (TPSA) is 111 Å². The minimum Gasteiger partial charge on any atom is -0.491 e. The second-order valence-corrected chi connectivity index (χ2v) is 8.30. The van der Waals surface area contributed by atoms with E-state index in [0.29, 0.717) is 23.3 Å². The summed E-state index contributed by atoms with van der Waals surface area (Å²) in [7, 11) is 0. The Morgan fingerprint density at radius 3 is 2.57 bits per heavy atom. The first kappa shape index (κ1) is 20.3. The van der Waals surface area contributed by atoms with Crippen LogP contribution in [0.25, 0.3) is 5.57 Å². The van der Waals surface area contributed by atoms with E-state index in [1.807, 2.05) is 12.1 Å². The summed E-state index contributed by atoms with van der Waals surface area (Å²) in [5.74, 6) is 0.440. The van der Waals surface area contributed by atoms with Crippen LogP contribution in [0.3, 0.4) is 0 Å². The monoisotopic (exact) mass is 405 g/mol. The van der Waals surface area contributed by atoms with E-state index in [-0.39, 0.29) is 12.4 Å². The van der Waals surface area contributed by atoms with Gasteiger partial charge in [-0.15, -0.1) is 0 Å². The number of allylic oxidation sites excluding steroid dienone is 2. The first-order valence-electron chi connectivity index (χ1n) is 9.84. The SMILES string of the molecule is CC1(C)C2=C(C(=O)c3ccc(OC[C@@H](O)[C@H](O)CO)cc31)c1ccc(C#N)cc1C2. The minimum absolute atomic E-state index is 0.0370. The van der Waals surface area contributed by atoms with Crippen molar-refractivity contribution in [2.75, 3.05) is 13.2 Å². The number of nitriles is 1. The summed E-state index contributed by atoms with van der Waals surface area (Å²) in [6, 6.07) is 12.8. The van der Waals surface area contributed by atoms with Crippen molar-refractivity contribution in [1.29, 1.82) is 5.26 Å². The Kier molecular flexibility index (Phi) is 4.99. The van der Waals surface area contributed by atoms with E-state index < -0.39 is 24.2 Å². The van der Waals surface area contributed by atoms with Crippen molar-refractivity contribution < 1.29 is 24.9 Å². The van der Waals surface area contributed by atoms with Gasteiger partial charge in [-0.25, -0.2) is 0 Å². The van der Waals surface area contributed by atoms with E-state index in [0.717, 1.165) is 27.8 Å². The Labute approximate surface area is 174 Å². The summed E-state index contributed by atoms with van der Waals surface area (Å²) in [5, 5.41) is 37.4. The lowest BCUT2D eigenvalue weighted by molar-refractivity contribution is -0.0339. The van der Waals surface area contributed by atoms with Crippen molar-refractivity contribution in [3.8, 4) is 11.8 Å². The molecule has 0 unspecified atom stereocenters. The summed E-state index contributed by atoms with van der Waals surface area (Å²) in [5.41, 5.74) is 5.25. The molecule has 0 aliphatic heterocycles. The zero-order valence-corrected chi connectivity index (χ0v) is 16.8. The van der Waals surface area contributed by atoms with Gasteiger partial charge in [0, 0.05) is 16.6 Å². The first-order valence-corrected chi connectivity index (χ1v) is 9.84. The molecule has 0 saturated carbocycles. The molecule has 0 saturated heterocycles. The predicted octanol–water partition coefficient (Wildman–Crippen LogP) is 2.13. The second-order valence-electron chi connectivity index (χ2n) is 8.30. The standard InChI is InChI=1S/C24H23NO5/c1-24(2)18-9-15(30-12-21(28)20(27)11-26)4-6-17(18)23(29)22-16-5-3-13(10-25)7-14(16)8-19(22)24/h3-7,9,20-21,26-28H,8,11-12H2,1-2H3/t20-,21-/m1/s1. The molecule has 2 aromatic carbocycles. The summed E-state index contributed by atoms with van der Waals surface area (Å²) in [6.07, 6.45) is -1.87. The summed E-state index contributed by atoms with van der Waals surface area (Å²) < 4.78 is 5.60. The number of carbonyl (C=O) groups excluding carboxylic acids is 1. The van der Waals surface area contributed by atoms with Crippen LogP contribution in [0.2, 0.25) is 0 Å². The molecular weight excluding hydrogens is 382 g/mol. The maximum atomic E-state index is 13.3. The van der Waals surface area contributed by atoms with Gasteiger partial charge in [-0.1, -0.05) is 19.9 Å². The van der Waals surface area contributed by atoms with Crippen molar-refractivity contribution in [3.05, 3.63) is 69.8 Å². The average Bonchev–Trinajstić information content (AvgIpc) is 3.15.